The van der Waals surface area contributed by atoms with Gasteiger partial charge in [0, 0.05) is 50.1 Å². The number of nitrogens with zero attached hydrogens (tertiary/aromatic N) is 4. The standard InChI is InChI=1S/C29H37N5O/c1-22-10-12-25(13-11-22)20-34-24(3)27(23(2)31-34)14-15-29(35)30-28(26-8-6-5-7-9-26)21-33-18-16-32(4)17-19-33/h5-15,28H,16-21H2,1-4H3,(H,30,35)/b15-14+. The lowest BCUT2D eigenvalue weighted by atomic mass is 10.1. The number of piperazine rings is 1. The summed E-state index contributed by atoms with van der Waals surface area (Å²) in [6.07, 6.45) is 3.55. The highest BCUT2D eigenvalue weighted by atomic mass is 16.1. The third-order valence-corrected chi connectivity index (χ3v) is 6.85. The Labute approximate surface area is 209 Å². The maximum atomic E-state index is 13.0. The zero-order valence-corrected chi connectivity index (χ0v) is 21.4. The van der Waals surface area contributed by atoms with Crippen LogP contribution in [-0.2, 0) is 11.3 Å². The van der Waals surface area contributed by atoms with Crippen LogP contribution in [0.15, 0.2) is 60.7 Å². The van der Waals surface area contributed by atoms with Gasteiger partial charge in [-0.25, -0.2) is 0 Å². The van der Waals surface area contributed by atoms with E-state index in [0.29, 0.717) is 6.54 Å². The zero-order chi connectivity index (χ0) is 24.8. The molecule has 0 bridgehead atoms. The van der Waals surface area contributed by atoms with Gasteiger partial charge in [-0.05, 0) is 45.0 Å². The second kappa shape index (κ2) is 11.5. The molecule has 35 heavy (non-hydrogen) atoms. The maximum absolute atomic E-state index is 13.0. The lowest BCUT2D eigenvalue weighted by Gasteiger charge is -2.34. The summed E-state index contributed by atoms with van der Waals surface area (Å²) < 4.78 is 2.01. The number of carbonyl (C=O) groups is 1. The van der Waals surface area contributed by atoms with Crippen LogP contribution in [0.25, 0.3) is 6.08 Å². The molecule has 184 valence electrons. The number of likely N-dealkylation sites (N-methyl/N-ethyl adjacent to an activating group) is 1. The molecule has 1 atom stereocenters. The van der Waals surface area contributed by atoms with Crippen LogP contribution in [0.1, 0.15) is 39.7 Å². The van der Waals surface area contributed by atoms with E-state index in [2.05, 4.69) is 72.4 Å². The largest absolute Gasteiger partial charge is 0.344 e. The van der Waals surface area contributed by atoms with Crippen molar-refractivity contribution in [2.45, 2.75) is 33.4 Å². The summed E-state index contributed by atoms with van der Waals surface area (Å²) in [5, 5.41) is 7.97. The molecule has 6 nitrogen and oxygen atoms in total. The highest BCUT2D eigenvalue weighted by molar-refractivity contribution is 5.92. The topological polar surface area (TPSA) is 53.4 Å². The van der Waals surface area contributed by atoms with E-state index in [0.717, 1.165) is 55.2 Å². The van der Waals surface area contributed by atoms with Crippen molar-refractivity contribution in [3.8, 4) is 0 Å². The van der Waals surface area contributed by atoms with Gasteiger partial charge in [0.05, 0.1) is 18.3 Å². The summed E-state index contributed by atoms with van der Waals surface area (Å²) in [5.74, 6) is -0.0851. The van der Waals surface area contributed by atoms with Crippen LogP contribution < -0.4 is 5.32 Å². The first-order valence-electron chi connectivity index (χ1n) is 12.4. The van der Waals surface area contributed by atoms with Gasteiger partial charge in [0.2, 0.25) is 5.91 Å². The molecule has 0 aliphatic carbocycles. The van der Waals surface area contributed by atoms with E-state index in [1.165, 1.54) is 11.1 Å². The second-order valence-electron chi connectivity index (χ2n) is 9.64. The minimum atomic E-state index is -0.0851. The van der Waals surface area contributed by atoms with Crippen molar-refractivity contribution in [3.63, 3.8) is 0 Å². The summed E-state index contributed by atoms with van der Waals surface area (Å²) in [5.41, 5.74) is 6.58. The van der Waals surface area contributed by atoms with Gasteiger partial charge in [-0.1, -0.05) is 60.2 Å². The molecule has 4 rings (SSSR count). The van der Waals surface area contributed by atoms with Crippen molar-refractivity contribution in [3.05, 3.63) is 94.3 Å². The fourth-order valence-corrected chi connectivity index (χ4v) is 4.56. The van der Waals surface area contributed by atoms with Crippen LogP contribution in [0.2, 0.25) is 0 Å². The molecule has 2 aromatic carbocycles. The predicted molar refractivity (Wildman–Crippen MR) is 142 cm³/mol. The van der Waals surface area contributed by atoms with E-state index in [-0.39, 0.29) is 11.9 Å². The highest BCUT2D eigenvalue weighted by Crippen LogP contribution is 2.18. The maximum Gasteiger partial charge on any atom is 0.244 e. The van der Waals surface area contributed by atoms with Crippen molar-refractivity contribution in [2.75, 3.05) is 39.8 Å². The highest BCUT2D eigenvalue weighted by Gasteiger charge is 2.21. The molecule has 2 heterocycles. The van der Waals surface area contributed by atoms with E-state index in [1.807, 2.05) is 35.9 Å². The number of hydrogen-bond donors (Lipinski definition) is 1. The summed E-state index contributed by atoms with van der Waals surface area (Å²) >= 11 is 0. The van der Waals surface area contributed by atoms with Crippen LogP contribution in [0, 0.1) is 20.8 Å². The molecule has 1 amide bonds. The molecule has 1 aliphatic rings. The van der Waals surface area contributed by atoms with Gasteiger partial charge in [-0.2, -0.15) is 5.10 Å². The van der Waals surface area contributed by atoms with Crippen LogP contribution in [-0.4, -0.2) is 65.3 Å². The first-order chi connectivity index (χ1) is 16.9. The van der Waals surface area contributed by atoms with Crippen molar-refractivity contribution in [1.29, 1.82) is 0 Å². The van der Waals surface area contributed by atoms with Crippen LogP contribution >= 0.6 is 0 Å². The molecule has 1 fully saturated rings. The molecule has 1 N–H and O–H groups in total. The van der Waals surface area contributed by atoms with Gasteiger partial charge >= 0.3 is 0 Å². The molecule has 1 unspecified atom stereocenters. The number of aryl methyl sites for hydroxylation is 2. The molecule has 3 aromatic rings. The van der Waals surface area contributed by atoms with Crippen LogP contribution in [0.3, 0.4) is 0 Å². The Morgan fingerprint density at radius 3 is 2.37 bits per heavy atom. The van der Waals surface area contributed by atoms with Crippen molar-refractivity contribution in [2.24, 2.45) is 0 Å². The molecular formula is C29H37N5O. The van der Waals surface area contributed by atoms with Crippen LogP contribution in [0.4, 0.5) is 0 Å². The van der Waals surface area contributed by atoms with E-state index >= 15 is 0 Å². The van der Waals surface area contributed by atoms with Gasteiger partial charge < -0.3 is 10.2 Å². The van der Waals surface area contributed by atoms with E-state index < -0.39 is 0 Å². The molecule has 0 spiro atoms. The monoisotopic (exact) mass is 471 g/mol. The third kappa shape index (κ3) is 6.68. The minimum absolute atomic E-state index is 0.0526. The van der Waals surface area contributed by atoms with Gasteiger partial charge in [-0.15, -0.1) is 0 Å². The lowest BCUT2D eigenvalue weighted by Crippen LogP contribution is -2.47. The molecule has 1 saturated heterocycles. The Hall–Kier alpha value is -3.22. The molecule has 0 saturated carbocycles. The Kier molecular flexibility index (Phi) is 8.16. The Morgan fingerprint density at radius 1 is 1.00 bits per heavy atom. The normalized spacial score (nSPS) is 16.0. The molecule has 0 radical (unpaired) electrons. The number of benzene rings is 2. The van der Waals surface area contributed by atoms with E-state index in [9.17, 15) is 4.79 Å². The van der Waals surface area contributed by atoms with Gasteiger partial charge in [0.1, 0.15) is 0 Å². The number of rotatable bonds is 8. The molecule has 1 aliphatic heterocycles. The fraction of sp³-hybridized carbons (Fsp3) is 0.379. The van der Waals surface area contributed by atoms with Gasteiger partial charge in [-0.3, -0.25) is 14.4 Å². The Balaban J connectivity index is 1.44. The summed E-state index contributed by atoms with van der Waals surface area (Å²) in [6, 6.07) is 18.7. The summed E-state index contributed by atoms with van der Waals surface area (Å²) in [7, 11) is 2.16. The smallest absolute Gasteiger partial charge is 0.244 e. The third-order valence-electron chi connectivity index (χ3n) is 6.85. The number of nitrogens with one attached hydrogen (secondary N) is 1. The van der Waals surface area contributed by atoms with Gasteiger partial charge in [0.25, 0.3) is 0 Å². The Morgan fingerprint density at radius 2 is 1.69 bits per heavy atom. The molecule has 6 heteroatoms. The van der Waals surface area contributed by atoms with Crippen molar-refractivity contribution in [1.82, 2.24) is 24.9 Å². The average molecular weight is 472 g/mol. The predicted octanol–water partition coefficient (Wildman–Crippen LogP) is 3.97. The fourth-order valence-electron chi connectivity index (χ4n) is 4.56. The summed E-state index contributed by atoms with van der Waals surface area (Å²) in [6.45, 7) is 11.8. The first kappa shape index (κ1) is 24.9. The minimum Gasteiger partial charge on any atom is -0.344 e. The van der Waals surface area contributed by atoms with Gasteiger partial charge in [0.15, 0.2) is 0 Å². The lowest BCUT2D eigenvalue weighted by molar-refractivity contribution is -0.117. The van der Waals surface area contributed by atoms with Crippen LogP contribution in [0.5, 0.6) is 0 Å². The van der Waals surface area contributed by atoms with E-state index in [4.69, 9.17) is 5.10 Å². The summed E-state index contributed by atoms with van der Waals surface area (Å²) in [4.78, 5) is 17.8. The Bertz CT molecular complexity index is 1140. The first-order valence-corrected chi connectivity index (χ1v) is 12.4. The zero-order valence-electron chi connectivity index (χ0n) is 21.4. The SMILES string of the molecule is Cc1ccc(Cn2nc(C)c(/C=C/C(=O)NC(CN3CCN(C)CC3)c3ccccc3)c2C)cc1. The second-order valence-corrected chi connectivity index (χ2v) is 9.64. The van der Waals surface area contributed by atoms with Crippen molar-refractivity contribution < 1.29 is 4.79 Å². The number of carbonyl (C=O) groups excluding carboxylic acids is 1. The number of amides is 1. The van der Waals surface area contributed by atoms with Crippen molar-refractivity contribution >= 4 is 12.0 Å². The average Bonchev–Trinajstić information content (AvgIpc) is 3.12. The quantitative estimate of drug-likeness (QED) is 0.505. The molecular weight excluding hydrogens is 434 g/mol. The number of hydrogen-bond acceptors (Lipinski definition) is 4. The number of aromatic nitrogens is 2. The molecule has 1 aromatic heterocycles. The van der Waals surface area contributed by atoms with E-state index in [1.54, 1.807) is 6.08 Å².